The van der Waals surface area contributed by atoms with E-state index in [1.807, 2.05) is 0 Å². The third-order valence-corrected chi connectivity index (χ3v) is 14.6. The van der Waals surface area contributed by atoms with E-state index in [2.05, 4.69) is 30.0 Å². The molecular formula is C24H30F5N7O3S. The highest BCUT2D eigenvalue weighted by atomic mass is 32.3. The quantitative estimate of drug-likeness (QED) is 0.438. The minimum absolute atomic E-state index is 0.134. The molecule has 0 spiro atoms. The average Bonchev–Trinajstić information content (AvgIpc) is 2.86. The lowest BCUT2D eigenvalue weighted by molar-refractivity contribution is -0.0289. The summed E-state index contributed by atoms with van der Waals surface area (Å²) in [5, 5.41) is 2.41. The maximum absolute atomic E-state index is 15.5. The smallest absolute Gasteiger partial charge is 0.277 e. The molecule has 220 valence electrons. The summed E-state index contributed by atoms with van der Waals surface area (Å²) < 4.78 is 89.0. The number of amides is 1. The minimum Gasteiger partial charge on any atom is -0.470 e. The molecule has 0 saturated carbocycles. The monoisotopic (exact) mass is 591 g/mol. The number of nitrogens with zero attached hydrogens (tertiary/aromatic N) is 4. The first-order chi connectivity index (χ1) is 18.3. The second-order valence-electron chi connectivity index (χ2n) is 10.9. The first-order valence-corrected chi connectivity index (χ1v) is 14.5. The van der Waals surface area contributed by atoms with Crippen molar-refractivity contribution < 1.29 is 35.7 Å². The van der Waals surface area contributed by atoms with Crippen molar-refractivity contribution in [2.75, 3.05) is 24.7 Å². The Hall–Kier alpha value is -3.27. The number of alkyl halides is 4. The summed E-state index contributed by atoms with van der Waals surface area (Å²) in [5.74, 6) is -5.65. The van der Waals surface area contributed by atoms with Gasteiger partial charge in [-0.2, -0.15) is 0 Å². The third-order valence-electron chi connectivity index (χ3n) is 8.35. The number of hydrogen-bond acceptors (Lipinski definition) is 8. The molecule has 2 atom stereocenters. The van der Waals surface area contributed by atoms with Crippen LogP contribution in [-0.4, -0.2) is 72.2 Å². The topological polar surface area (TPSA) is 144 Å². The van der Waals surface area contributed by atoms with Gasteiger partial charge in [0.2, 0.25) is 5.88 Å². The highest BCUT2D eigenvalue weighted by molar-refractivity contribution is 8.20. The van der Waals surface area contributed by atoms with Crippen LogP contribution >= 0.6 is 0 Å². The van der Waals surface area contributed by atoms with Crippen molar-refractivity contribution >= 4 is 26.8 Å². The molecule has 0 aromatic carbocycles. The van der Waals surface area contributed by atoms with Crippen molar-refractivity contribution in [1.29, 1.82) is 0 Å². The molecule has 2 aliphatic heterocycles. The third kappa shape index (κ3) is 4.22. The largest absolute Gasteiger partial charge is 0.470 e. The van der Waals surface area contributed by atoms with E-state index in [0.29, 0.717) is 0 Å². The molecule has 0 unspecified atom stereocenters. The van der Waals surface area contributed by atoms with Crippen LogP contribution in [0.1, 0.15) is 50.3 Å². The van der Waals surface area contributed by atoms with E-state index < -0.39 is 73.6 Å². The van der Waals surface area contributed by atoms with Gasteiger partial charge < -0.3 is 15.8 Å². The normalized spacial score (nSPS) is 28.9. The predicted molar refractivity (Wildman–Crippen MR) is 139 cm³/mol. The van der Waals surface area contributed by atoms with Crippen LogP contribution in [0.2, 0.25) is 0 Å². The zero-order chi connectivity index (χ0) is 30.0. The van der Waals surface area contributed by atoms with Crippen LogP contribution in [0.3, 0.4) is 0 Å². The van der Waals surface area contributed by atoms with E-state index in [0.717, 1.165) is 24.5 Å². The number of aromatic nitrogens is 3. The summed E-state index contributed by atoms with van der Waals surface area (Å²) in [7, 11) is -4.41. The molecule has 0 bridgehead atoms. The molecule has 2 aliphatic rings. The van der Waals surface area contributed by atoms with Crippen LogP contribution in [0.15, 0.2) is 29.5 Å². The Balaban J connectivity index is 1.75. The average molecular weight is 592 g/mol. The number of rotatable bonds is 6. The van der Waals surface area contributed by atoms with Crippen molar-refractivity contribution in [3.8, 4) is 5.88 Å². The molecule has 10 nitrogen and oxygen atoms in total. The fraction of sp³-hybridized carbons (Fsp3) is 0.542. The Kier molecular flexibility index (Phi) is 6.78. The number of carbonyl (C=O) groups excluding carboxylic acids is 1. The summed E-state index contributed by atoms with van der Waals surface area (Å²) in [6, 6.07) is 2.09. The number of fused-ring (bicyclic) bond motifs is 1. The summed E-state index contributed by atoms with van der Waals surface area (Å²) in [4.78, 5) is 29.0. The Morgan fingerprint density at radius 3 is 2.48 bits per heavy atom. The van der Waals surface area contributed by atoms with E-state index >= 15 is 8.60 Å². The van der Waals surface area contributed by atoms with Crippen LogP contribution in [0.5, 0.6) is 5.88 Å². The van der Waals surface area contributed by atoms with Crippen molar-refractivity contribution in [3.05, 3.63) is 41.7 Å². The van der Waals surface area contributed by atoms with Gasteiger partial charge in [-0.3, -0.25) is 18.7 Å². The van der Waals surface area contributed by atoms with Gasteiger partial charge in [-0.05, 0) is 49.1 Å². The van der Waals surface area contributed by atoms with Crippen LogP contribution in [0.4, 0.5) is 27.8 Å². The van der Waals surface area contributed by atoms with Gasteiger partial charge in [0.25, 0.3) is 18.3 Å². The lowest BCUT2D eigenvalue weighted by Crippen LogP contribution is -2.85. The van der Waals surface area contributed by atoms with Crippen molar-refractivity contribution in [2.24, 2.45) is 10.7 Å². The molecule has 16 heteroatoms. The number of pyridine rings is 1. The second-order valence-corrected chi connectivity index (χ2v) is 15.8. The number of anilines is 1. The number of carbonyl (C=O) groups is 1. The highest BCUT2D eigenvalue weighted by Gasteiger charge is 2.75. The number of aliphatic imine (C=N–C) groups is 1. The van der Waals surface area contributed by atoms with Crippen LogP contribution < -0.4 is 20.5 Å². The van der Waals surface area contributed by atoms with E-state index in [1.54, 1.807) is 13.8 Å². The number of nitrogens with one attached hydrogen (secondary N) is 2. The van der Waals surface area contributed by atoms with Gasteiger partial charge in [-0.25, -0.2) is 36.9 Å². The van der Waals surface area contributed by atoms with Gasteiger partial charge in [0.1, 0.15) is 34.4 Å². The van der Waals surface area contributed by atoms with Gasteiger partial charge in [-0.15, -0.1) is 0 Å². The summed E-state index contributed by atoms with van der Waals surface area (Å²) >= 11 is 0. The molecule has 2 aromatic heterocycles. The molecule has 0 radical (unpaired) electrons. The van der Waals surface area contributed by atoms with Gasteiger partial charge in [-0.1, -0.05) is 0 Å². The van der Waals surface area contributed by atoms with E-state index in [-0.39, 0.29) is 23.2 Å². The molecule has 1 amide bonds. The van der Waals surface area contributed by atoms with Gasteiger partial charge >= 0.3 is 0 Å². The van der Waals surface area contributed by atoms with Gasteiger partial charge in [0, 0.05) is 12.7 Å². The number of ether oxygens (including phenoxy) is 1. The number of hydrogen-bond donors (Lipinski definition) is 3. The van der Waals surface area contributed by atoms with Gasteiger partial charge in [0.15, 0.2) is 6.61 Å². The molecule has 40 heavy (non-hydrogen) atoms. The number of nitrogens with two attached hydrogens (primary N) is 1. The number of halogens is 5. The molecule has 4 rings (SSSR count). The fourth-order valence-corrected chi connectivity index (χ4v) is 9.87. The molecule has 2 aromatic rings. The molecule has 4 heterocycles. The van der Waals surface area contributed by atoms with Crippen molar-refractivity contribution in [2.45, 2.75) is 61.5 Å². The SMILES string of the molecule is CC1(C)C(N)=N[C@](C)(c2nc(NC(=O)c3cnc(OCC(F)F)cn3)ccc2F)[C@@]2(C)CC(F)(F)CNS12(C)=O. The maximum Gasteiger partial charge on any atom is 0.277 e. The van der Waals surface area contributed by atoms with Crippen LogP contribution in [0, 0.1) is 5.82 Å². The lowest BCUT2D eigenvalue weighted by Gasteiger charge is -2.70. The first-order valence-electron chi connectivity index (χ1n) is 12.1. The summed E-state index contributed by atoms with van der Waals surface area (Å²) in [6.45, 7) is 4.02. The second kappa shape index (κ2) is 9.12. The Bertz CT molecular complexity index is 1450. The van der Waals surface area contributed by atoms with E-state index in [9.17, 15) is 22.4 Å². The zero-order valence-electron chi connectivity index (χ0n) is 22.4. The van der Waals surface area contributed by atoms with Crippen LogP contribution in [-0.2, 0) is 14.8 Å². The van der Waals surface area contributed by atoms with Crippen LogP contribution in [0.25, 0.3) is 0 Å². The fourth-order valence-electron chi connectivity index (χ4n) is 5.30. The summed E-state index contributed by atoms with van der Waals surface area (Å²) in [5.41, 5.74) is 3.63. The Labute approximate surface area is 226 Å². The zero-order valence-corrected chi connectivity index (χ0v) is 23.2. The summed E-state index contributed by atoms with van der Waals surface area (Å²) in [6.07, 6.45) is -0.334. The molecule has 4 N–H and O–H groups in total. The molecule has 0 aliphatic carbocycles. The maximum atomic E-state index is 15.5. The molecular weight excluding hydrogens is 561 g/mol. The van der Waals surface area contributed by atoms with E-state index in [1.165, 1.54) is 20.1 Å². The molecule has 1 fully saturated rings. The standard InChI is InChI=1S/C24H30F5N7O3S/c1-21(2)20(30)36-23(4,22(3)11-24(28,29)12-33-40(21,22,5)38)18-13(25)6-7-16(34-18)35-19(37)14-8-32-17(9-31-14)39-10-15(26)27/h6-9,15H,10-12H2,1-5H3,(H2,30,36)(H,33,38)(H,34,35,37)/t22-,23-/m1/s1. The van der Waals surface area contributed by atoms with Crippen molar-refractivity contribution in [3.63, 3.8) is 0 Å². The minimum atomic E-state index is -4.41. The lowest BCUT2D eigenvalue weighted by atomic mass is 9.78. The Morgan fingerprint density at radius 1 is 1.20 bits per heavy atom. The number of amidine groups is 1. The highest BCUT2D eigenvalue weighted by Crippen LogP contribution is 2.63. The van der Waals surface area contributed by atoms with Crippen molar-refractivity contribution in [1.82, 2.24) is 19.7 Å². The Morgan fingerprint density at radius 2 is 1.88 bits per heavy atom. The predicted octanol–water partition coefficient (Wildman–Crippen LogP) is 3.02. The first kappa shape index (κ1) is 29.7. The van der Waals surface area contributed by atoms with Gasteiger partial charge in [0.05, 0.1) is 28.4 Å². The van der Waals surface area contributed by atoms with E-state index in [4.69, 9.17) is 10.5 Å². The molecule has 1 saturated heterocycles.